The summed E-state index contributed by atoms with van der Waals surface area (Å²) in [7, 11) is 1.85. The van der Waals surface area contributed by atoms with Crippen LogP contribution in [0.15, 0.2) is 23.6 Å². The number of carbonyl (C=O) groups is 2. The van der Waals surface area contributed by atoms with Gasteiger partial charge in [0.05, 0.1) is 12.2 Å². The van der Waals surface area contributed by atoms with Crippen LogP contribution in [-0.4, -0.2) is 61.5 Å². The zero-order chi connectivity index (χ0) is 18.5. The molecule has 142 valence electrons. The van der Waals surface area contributed by atoms with Gasteiger partial charge in [-0.25, -0.2) is 0 Å². The highest BCUT2D eigenvalue weighted by Gasteiger charge is 2.39. The van der Waals surface area contributed by atoms with Crippen LogP contribution in [0.4, 0.5) is 5.69 Å². The number of carbonyl (C=O) groups excluding carboxylic acids is 2. The van der Waals surface area contributed by atoms with Gasteiger partial charge in [0.25, 0.3) is 5.91 Å². The molecule has 0 unspecified atom stereocenters. The number of fused-ring (bicyclic) bond motifs is 3. The third-order valence-corrected chi connectivity index (χ3v) is 7.18. The Hall–Kier alpha value is -2.12. The Balaban J connectivity index is 1.38. The smallest absolute Gasteiger partial charge is 0.251 e. The second-order valence-electron chi connectivity index (χ2n) is 7.93. The fourth-order valence-electron chi connectivity index (χ4n) is 4.60. The van der Waals surface area contributed by atoms with Gasteiger partial charge in [-0.3, -0.25) is 9.59 Å². The molecule has 5 rings (SSSR count). The molecule has 3 atom stereocenters. The van der Waals surface area contributed by atoms with Gasteiger partial charge in [-0.15, -0.1) is 11.3 Å². The number of nitrogens with one attached hydrogen (secondary N) is 2. The molecule has 0 radical (unpaired) electrons. The topological polar surface area (TPSA) is 64.7 Å². The molecule has 3 saturated heterocycles. The second kappa shape index (κ2) is 6.49. The van der Waals surface area contributed by atoms with Crippen molar-refractivity contribution in [3.8, 4) is 0 Å². The largest absolute Gasteiger partial charge is 0.359 e. The van der Waals surface area contributed by atoms with Gasteiger partial charge in [-0.05, 0) is 37.5 Å². The number of hydrogen-bond acceptors (Lipinski definition) is 5. The molecule has 3 aliphatic rings. The van der Waals surface area contributed by atoms with E-state index in [0.717, 1.165) is 41.7 Å². The highest BCUT2D eigenvalue weighted by molar-refractivity contribution is 7.17. The maximum absolute atomic E-state index is 12.8. The molecule has 4 heterocycles. The number of amides is 2. The zero-order valence-electron chi connectivity index (χ0n) is 15.4. The summed E-state index contributed by atoms with van der Waals surface area (Å²) in [5.74, 6) is 0.140. The van der Waals surface area contributed by atoms with Gasteiger partial charge in [0, 0.05) is 59.3 Å². The lowest BCUT2D eigenvalue weighted by Gasteiger charge is -2.33. The van der Waals surface area contributed by atoms with Crippen LogP contribution in [0, 0.1) is 0 Å². The molecule has 7 heteroatoms. The molecule has 2 amide bonds. The van der Waals surface area contributed by atoms with Crippen molar-refractivity contribution in [2.24, 2.45) is 0 Å². The lowest BCUT2D eigenvalue weighted by Crippen LogP contribution is -2.48. The number of piperazine rings is 1. The molecule has 1 aromatic carbocycles. The molecule has 6 nitrogen and oxygen atoms in total. The summed E-state index contributed by atoms with van der Waals surface area (Å²) < 4.78 is 1.15. The standard InChI is InChI=1S/C20H24N4O2S/c1-23-6-7-24(10-19(23)25)17-11-27-18-5-2-12(8-14(17)18)20(26)22-16-9-13-3-4-15(16)21-13/h2,5,8,11,13,15-16,21H,3-4,6-7,9-10H2,1H3,(H,22,26)/t13-,15+,16-/m1/s1. The summed E-state index contributed by atoms with van der Waals surface area (Å²) >= 11 is 1.66. The van der Waals surface area contributed by atoms with Gasteiger partial charge >= 0.3 is 0 Å². The first-order chi connectivity index (χ1) is 13.1. The van der Waals surface area contributed by atoms with Crippen molar-refractivity contribution in [1.29, 1.82) is 0 Å². The molecule has 0 aliphatic carbocycles. The average molecular weight is 385 g/mol. The van der Waals surface area contributed by atoms with E-state index >= 15 is 0 Å². The quantitative estimate of drug-likeness (QED) is 0.847. The number of hydrogen-bond donors (Lipinski definition) is 2. The van der Waals surface area contributed by atoms with Crippen molar-refractivity contribution < 1.29 is 9.59 Å². The van der Waals surface area contributed by atoms with Crippen LogP contribution in [-0.2, 0) is 4.79 Å². The Morgan fingerprint density at radius 1 is 1.30 bits per heavy atom. The second-order valence-corrected chi connectivity index (χ2v) is 8.84. The van der Waals surface area contributed by atoms with Gasteiger partial charge in [0.1, 0.15) is 0 Å². The average Bonchev–Trinajstić information content (AvgIpc) is 3.38. The number of likely N-dealkylation sites (N-methyl/N-ethyl adjacent to an activating group) is 1. The monoisotopic (exact) mass is 384 g/mol. The molecule has 0 spiro atoms. The minimum Gasteiger partial charge on any atom is -0.359 e. The van der Waals surface area contributed by atoms with Gasteiger partial charge in [0.15, 0.2) is 0 Å². The lowest BCUT2D eigenvalue weighted by molar-refractivity contribution is -0.129. The van der Waals surface area contributed by atoms with Crippen LogP contribution in [0.2, 0.25) is 0 Å². The summed E-state index contributed by atoms with van der Waals surface area (Å²) in [5, 5.41) is 9.96. The predicted molar refractivity (Wildman–Crippen MR) is 107 cm³/mol. The number of nitrogens with zero attached hydrogens (tertiary/aromatic N) is 2. The molecule has 2 N–H and O–H groups in total. The van der Waals surface area contributed by atoms with Crippen molar-refractivity contribution in [3.05, 3.63) is 29.1 Å². The Morgan fingerprint density at radius 3 is 2.93 bits per heavy atom. The Bertz CT molecular complexity index is 911. The highest BCUT2D eigenvalue weighted by Crippen LogP contribution is 2.34. The van der Waals surface area contributed by atoms with Gasteiger partial charge in [-0.2, -0.15) is 0 Å². The number of anilines is 1. The van der Waals surface area contributed by atoms with Gasteiger partial charge < -0.3 is 20.4 Å². The van der Waals surface area contributed by atoms with Crippen molar-refractivity contribution in [2.75, 3.05) is 31.6 Å². The van der Waals surface area contributed by atoms with Crippen LogP contribution in [0.1, 0.15) is 29.6 Å². The van der Waals surface area contributed by atoms with Crippen LogP contribution < -0.4 is 15.5 Å². The summed E-state index contributed by atoms with van der Waals surface area (Å²) in [6, 6.07) is 7.16. The molecule has 3 aliphatic heterocycles. The fraction of sp³-hybridized carbons (Fsp3) is 0.500. The van der Waals surface area contributed by atoms with E-state index in [0.29, 0.717) is 24.2 Å². The summed E-state index contributed by atoms with van der Waals surface area (Å²) in [6.45, 7) is 1.95. The number of benzene rings is 1. The van der Waals surface area contributed by atoms with E-state index in [-0.39, 0.29) is 17.9 Å². The van der Waals surface area contributed by atoms with Crippen LogP contribution >= 0.6 is 11.3 Å². The Morgan fingerprint density at radius 2 is 2.19 bits per heavy atom. The Labute approximate surface area is 162 Å². The van der Waals surface area contributed by atoms with Gasteiger partial charge in [-0.1, -0.05) is 0 Å². The van der Waals surface area contributed by atoms with Crippen LogP contribution in [0.5, 0.6) is 0 Å². The minimum absolute atomic E-state index is 0.00264. The summed E-state index contributed by atoms with van der Waals surface area (Å²) in [5.41, 5.74) is 1.76. The molecule has 1 aromatic heterocycles. The minimum atomic E-state index is 0.00264. The van der Waals surface area contributed by atoms with Crippen LogP contribution in [0.3, 0.4) is 0 Å². The maximum atomic E-state index is 12.8. The maximum Gasteiger partial charge on any atom is 0.251 e. The van der Waals surface area contributed by atoms with E-state index in [1.165, 1.54) is 6.42 Å². The van der Waals surface area contributed by atoms with E-state index in [1.807, 2.05) is 25.2 Å². The van der Waals surface area contributed by atoms with E-state index in [1.54, 1.807) is 16.2 Å². The third-order valence-electron chi connectivity index (χ3n) is 6.23. The molecule has 27 heavy (non-hydrogen) atoms. The molecule has 3 fully saturated rings. The Kier molecular flexibility index (Phi) is 4.09. The first-order valence-corrected chi connectivity index (χ1v) is 10.5. The molecular formula is C20H24N4O2S. The SMILES string of the molecule is CN1CCN(c2csc3ccc(C(=O)N[C@@H]4C[C@H]5CC[C@@H]4N5)cc23)CC1=O. The normalized spacial score (nSPS) is 27.6. The van der Waals surface area contributed by atoms with Crippen molar-refractivity contribution in [2.45, 2.75) is 37.4 Å². The zero-order valence-corrected chi connectivity index (χ0v) is 16.2. The van der Waals surface area contributed by atoms with Crippen molar-refractivity contribution in [1.82, 2.24) is 15.5 Å². The van der Waals surface area contributed by atoms with E-state index < -0.39 is 0 Å². The highest BCUT2D eigenvalue weighted by atomic mass is 32.1. The molecule has 2 bridgehead atoms. The molecular weight excluding hydrogens is 360 g/mol. The summed E-state index contributed by atoms with van der Waals surface area (Å²) in [4.78, 5) is 28.8. The summed E-state index contributed by atoms with van der Waals surface area (Å²) in [6.07, 6.45) is 3.41. The van der Waals surface area contributed by atoms with E-state index in [4.69, 9.17) is 0 Å². The lowest BCUT2D eigenvalue weighted by atomic mass is 9.95. The molecule has 2 aromatic rings. The fourth-order valence-corrected chi connectivity index (χ4v) is 5.55. The first-order valence-electron chi connectivity index (χ1n) is 9.65. The first kappa shape index (κ1) is 17.0. The van der Waals surface area contributed by atoms with E-state index in [9.17, 15) is 9.59 Å². The van der Waals surface area contributed by atoms with Crippen molar-refractivity contribution >= 4 is 38.9 Å². The molecule has 0 saturated carbocycles. The third kappa shape index (κ3) is 2.99. The number of rotatable bonds is 3. The predicted octanol–water partition coefficient (Wildman–Crippen LogP) is 1.80. The van der Waals surface area contributed by atoms with Crippen LogP contribution in [0.25, 0.3) is 10.1 Å². The van der Waals surface area contributed by atoms with Crippen molar-refractivity contribution in [3.63, 3.8) is 0 Å². The van der Waals surface area contributed by atoms with E-state index in [2.05, 4.69) is 20.9 Å². The van der Waals surface area contributed by atoms with Gasteiger partial charge in [0.2, 0.25) is 5.91 Å². The number of thiophene rings is 1.